The molecular formula is C30H28ClNO4S2. The van der Waals surface area contributed by atoms with Crippen LogP contribution < -0.4 is 10.1 Å². The predicted octanol–water partition coefficient (Wildman–Crippen LogP) is 9.04. The first-order valence-corrected chi connectivity index (χ1v) is 14.5. The molecule has 0 bridgehead atoms. The maximum atomic E-state index is 12.7. The molecule has 38 heavy (non-hydrogen) atoms. The molecule has 5 rings (SSSR count). The second-order valence-electron chi connectivity index (χ2n) is 9.61. The largest absolute Gasteiger partial charge is 0.496 e. The molecule has 2 heterocycles. The summed E-state index contributed by atoms with van der Waals surface area (Å²) in [6.07, 6.45) is 0.926. The lowest BCUT2D eigenvalue weighted by molar-refractivity contribution is -0.119. The summed E-state index contributed by atoms with van der Waals surface area (Å²) in [7, 11) is 1.64. The van der Waals surface area contributed by atoms with E-state index in [9.17, 15) is 9.59 Å². The topological polar surface area (TPSA) is 64.6 Å². The molecule has 1 aliphatic carbocycles. The van der Waals surface area contributed by atoms with Gasteiger partial charge in [-0.05, 0) is 78.8 Å². The molecule has 1 N–H and O–H groups in total. The summed E-state index contributed by atoms with van der Waals surface area (Å²) < 4.78 is 11.9. The summed E-state index contributed by atoms with van der Waals surface area (Å²) in [5.74, 6) is 0.925. The minimum absolute atomic E-state index is 0.228. The van der Waals surface area contributed by atoms with Crippen molar-refractivity contribution in [2.45, 2.75) is 45.1 Å². The van der Waals surface area contributed by atoms with Crippen LogP contribution in [-0.4, -0.2) is 19.0 Å². The third-order valence-electron chi connectivity index (χ3n) is 7.19. The number of hydrogen-bond donors (Lipinski definition) is 1. The number of hydrogen-bond acceptors (Lipinski definition) is 6. The first kappa shape index (κ1) is 26.5. The molecular weight excluding hydrogens is 538 g/mol. The first-order valence-electron chi connectivity index (χ1n) is 12.3. The Labute approximate surface area is 235 Å². The lowest BCUT2D eigenvalue weighted by Gasteiger charge is -2.15. The summed E-state index contributed by atoms with van der Waals surface area (Å²) >= 11 is 9.32. The Bertz CT molecular complexity index is 1500. The molecule has 1 amide bonds. The SMILES string of the molecule is COc1cc(-c2sc(Cl)cc2NC(=O)OC(C)c2cscc2C)ccc1-c1ccc(C2(C(C)=O)CC2)cc1. The van der Waals surface area contributed by atoms with Gasteiger partial charge in [0.05, 0.1) is 27.4 Å². The molecule has 5 nitrogen and oxygen atoms in total. The van der Waals surface area contributed by atoms with Crippen molar-refractivity contribution >= 4 is 51.8 Å². The van der Waals surface area contributed by atoms with Crippen molar-refractivity contribution in [3.8, 4) is 27.3 Å². The molecule has 2 aromatic carbocycles. The standard InChI is InChI=1S/C30H28ClNO4S2/c1-17-15-37-16-24(17)18(2)36-29(34)32-25-14-27(31)38-28(25)21-7-10-23(26(13-21)35-4)20-5-8-22(9-6-20)30(11-12-30)19(3)33/h5-10,13-16,18H,11-12H2,1-4H3,(H,32,34). The van der Waals surface area contributed by atoms with Crippen LogP contribution >= 0.6 is 34.3 Å². The maximum Gasteiger partial charge on any atom is 0.412 e. The van der Waals surface area contributed by atoms with E-state index in [2.05, 4.69) is 5.32 Å². The predicted molar refractivity (Wildman–Crippen MR) is 156 cm³/mol. The highest BCUT2D eigenvalue weighted by Crippen LogP contribution is 2.49. The highest BCUT2D eigenvalue weighted by Gasteiger charge is 2.48. The zero-order chi connectivity index (χ0) is 27.0. The first-order chi connectivity index (χ1) is 18.2. The number of carbonyl (C=O) groups is 2. The molecule has 1 saturated carbocycles. The van der Waals surface area contributed by atoms with Crippen molar-refractivity contribution in [1.29, 1.82) is 0 Å². The van der Waals surface area contributed by atoms with Gasteiger partial charge in [0.2, 0.25) is 0 Å². The van der Waals surface area contributed by atoms with Crippen LogP contribution in [0.3, 0.4) is 0 Å². The van der Waals surface area contributed by atoms with Gasteiger partial charge in [-0.2, -0.15) is 11.3 Å². The molecule has 1 fully saturated rings. The van der Waals surface area contributed by atoms with Gasteiger partial charge >= 0.3 is 6.09 Å². The van der Waals surface area contributed by atoms with Crippen molar-refractivity contribution in [3.63, 3.8) is 0 Å². The third-order valence-corrected chi connectivity index (χ3v) is 9.38. The molecule has 4 aromatic rings. The Balaban J connectivity index is 1.37. The fourth-order valence-corrected chi connectivity index (χ4v) is 6.94. The van der Waals surface area contributed by atoms with Crippen LogP contribution in [0, 0.1) is 6.92 Å². The number of rotatable bonds is 8. The minimum Gasteiger partial charge on any atom is -0.496 e. The number of carbonyl (C=O) groups excluding carboxylic acids is 2. The average Bonchev–Trinajstić information content (AvgIpc) is 3.48. The van der Waals surface area contributed by atoms with Gasteiger partial charge in [0.15, 0.2) is 0 Å². The number of anilines is 1. The van der Waals surface area contributed by atoms with E-state index >= 15 is 0 Å². The number of methoxy groups -OCH3 is 1. The number of ether oxygens (including phenoxy) is 2. The van der Waals surface area contributed by atoms with Crippen molar-refractivity contribution in [2.24, 2.45) is 0 Å². The number of benzene rings is 2. The lowest BCUT2D eigenvalue weighted by Crippen LogP contribution is -2.16. The molecule has 8 heteroatoms. The van der Waals surface area contributed by atoms with Gasteiger partial charge < -0.3 is 9.47 Å². The molecule has 196 valence electrons. The van der Waals surface area contributed by atoms with E-state index in [-0.39, 0.29) is 17.3 Å². The second kappa shape index (κ2) is 10.6. The molecule has 0 spiro atoms. The van der Waals surface area contributed by atoms with Gasteiger partial charge in [-0.1, -0.05) is 48.0 Å². The van der Waals surface area contributed by atoms with Crippen LogP contribution in [-0.2, 0) is 14.9 Å². The van der Waals surface area contributed by atoms with E-state index in [4.69, 9.17) is 21.1 Å². The van der Waals surface area contributed by atoms with Gasteiger partial charge in [0.25, 0.3) is 0 Å². The Morgan fingerprint density at radius 2 is 1.76 bits per heavy atom. The molecule has 1 aliphatic rings. The monoisotopic (exact) mass is 565 g/mol. The number of nitrogens with one attached hydrogen (secondary N) is 1. The van der Waals surface area contributed by atoms with Gasteiger partial charge in [0.1, 0.15) is 17.6 Å². The molecule has 1 atom stereocenters. The quantitative estimate of drug-likeness (QED) is 0.231. The molecule has 0 aliphatic heterocycles. The number of Topliss-reactive ketones (excluding diaryl/α,β-unsaturated/α-hetero) is 1. The highest BCUT2D eigenvalue weighted by atomic mass is 35.5. The van der Waals surface area contributed by atoms with E-state index in [1.165, 1.54) is 11.3 Å². The number of halogens is 1. The smallest absolute Gasteiger partial charge is 0.412 e. The molecule has 0 radical (unpaired) electrons. The zero-order valence-corrected chi connectivity index (χ0v) is 24.0. The Morgan fingerprint density at radius 3 is 2.37 bits per heavy atom. The lowest BCUT2D eigenvalue weighted by atomic mass is 9.90. The van der Waals surface area contributed by atoms with Crippen LogP contribution in [0.25, 0.3) is 21.6 Å². The molecule has 2 aromatic heterocycles. The van der Waals surface area contributed by atoms with E-state index < -0.39 is 6.09 Å². The van der Waals surface area contributed by atoms with Crippen LogP contribution in [0.1, 0.15) is 49.5 Å². The minimum atomic E-state index is -0.540. The number of thiophene rings is 2. The summed E-state index contributed by atoms with van der Waals surface area (Å²) in [5.41, 5.74) is 6.26. The van der Waals surface area contributed by atoms with E-state index in [0.29, 0.717) is 15.8 Å². The maximum absolute atomic E-state index is 12.7. The van der Waals surface area contributed by atoms with Crippen LogP contribution in [0.15, 0.2) is 59.3 Å². The summed E-state index contributed by atoms with van der Waals surface area (Å²) in [6, 6.07) is 15.8. The fraction of sp³-hybridized carbons (Fsp3) is 0.267. The van der Waals surface area contributed by atoms with Gasteiger partial charge in [-0.25, -0.2) is 4.79 Å². The van der Waals surface area contributed by atoms with Gasteiger partial charge in [-0.15, -0.1) is 11.3 Å². The van der Waals surface area contributed by atoms with Crippen LogP contribution in [0.2, 0.25) is 4.34 Å². The Morgan fingerprint density at radius 1 is 1.05 bits per heavy atom. The number of ketones is 1. The summed E-state index contributed by atoms with van der Waals surface area (Å²) in [5, 5.41) is 6.89. The fourth-order valence-electron chi connectivity index (χ4n) is 4.83. The Hall–Kier alpha value is -3.13. The van der Waals surface area contributed by atoms with E-state index in [1.54, 1.807) is 31.4 Å². The summed E-state index contributed by atoms with van der Waals surface area (Å²) in [4.78, 5) is 25.6. The number of amides is 1. The van der Waals surface area contributed by atoms with Crippen molar-refractivity contribution in [1.82, 2.24) is 0 Å². The second-order valence-corrected chi connectivity index (χ2v) is 12.0. The van der Waals surface area contributed by atoms with Crippen LogP contribution in [0.5, 0.6) is 5.75 Å². The Kier molecular flexibility index (Phi) is 7.36. The van der Waals surface area contributed by atoms with Crippen LogP contribution in [0.4, 0.5) is 10.5 Å². The molecule has 1 unspecified atom stereocenters. The van der Waals surface area contributed by atoms with Gasteiger partial charge in [0, 0.05) is 11.1 Å². The van der Waals surface area contributed by atoms with Crippen molar-refractivity contribution in [3.05, 3.63) is 80.3 Å². The summed E-state index contributed by atoms with van der Waals surface area (Å²) in [6.45, 7) is 5.53. The van der Waals surface area contributed by atoms with E-state index in [1.807, 2.05) is 67.1 Å². The normalized spacial score (nSPS) is 14.6. The van der Waals surface area contributed by atoms with Crippen molar-refractivity contribution in [2.75, 3.05) is 12.4 Å². The average molecular weight is 566 g/mol. The van der Waals surface area contributed by atoms with Gasteiger partial charge in [-0.3, -0.25) is 10.1 Å². The zero-order valence-electron chi connectivity index (χ0n) is 21.6. The highest BCUT2D eigenvalue weighted by molar-refractivity contribution is 7.20. The molecule has 0 saturated heterocycles. The van der Waals surface area contributed by atoms with E-state index in [0.717, 1.165) is 51.1 Å². The number of aryl methyl sites for hydroxylation is 1. The third kappa shape index (κ3) is 5.10. The van der Waals surface area contributed by atoms with Crippen molar-refractivity contribution < 1.29 is 19.1 Å².